The van der Waals surface area contributed by atoms with E-state index in [2.05, 4.69) is 89.5 Å². The second-order valence-electron chi connectivity index (χ2n) is 12.8. The van der Waals surface area contributed by atoms with Gasteiger partial charge in [0.25, 0.3) is 0 Å². The fourth-order valence-corrected chi connectivity index (χ4v) is 8.69. The number of nitrogens with zero attached hydrogens (tertiary/aromatic N) is 4. The number of furan rings is 1. The van der Waals surface area contributed by atoms with E-state index >= 15 is 0 Å². The van der Waals surface area contributed by atoms with Crippen molar-refractivity contribution in [3.8, 4) is 39.9 Å². The van der Waals surface area contributed by atoms with E-state index in [4.69, 9.17) is 19.4 Å². The molecule has 0 N–H and O–H groups in total. The van der Waals surface area contributed by atoms with Gasteiger partial charge in [0.05, 0.1) is 16.7 Å². The van der Waals surface area contributed by atoms with Gasteiger partial charge >= 0.3 is 0 Å². The fourth-order valence-electron chi connectivity index (χ4n) is 7.57. The van der Waals surface area contributed by atoms with Gasteiger partial charge in [0.15, 0.2) is 23.1 Å². The standard InChI is InChI=1S/C45H26N4OS/c1-3-13-27(14-4-1)43-46-44(28-15-5-2-6-16-28)48-45(47-43)32-20-12-23-38-41(32)31-19-11-22-36(42(31)50-38)49-35-21-9-7-17-29(35)33-25-34-30-18-8-10-24-39(30)51-40(34)26-37(33)49/h1-26H. The summed E-state index contributed by atoms with van der Waals surface area (Å²) in [6.07, 6.45) is 0. The van der Waals surface area contributed by atoms with Crippen LogP contribution in [0.5, 0.6) is 0 Å². The molecule has 0 fully saturated rings. The van der Waals surface area contributed by atoms with E-state index in [1.807, 2.05) is 84.1 Å². The summed E-state index contributed by atoms with van der Waals surface area (Å²) < 4.78 is 11.8. The zero-order valence-corrected chi connectivity index (χ0v) is 27.9. The van der Waals surface area contributed by atoms with Crippen LogP contribution in [0.2, 0.25) is 0 Å². The molecule has 0 saturated heterocycles. The number of para-hydroxylation sites is 2. The highest BCUT2D eigenvalue weighted by Gasteiger charge is 2.22. The third kappa shape index (κ3) is 4.30. The third-order valence-corrected chi connectivity index (χ3v) is 11.0. The van der Waals surface area contributed by atoms with E-state index in [-0.39, 0.29) is 0 Å². The summed E-state index contributed by atoms with van der Waals surface area (Å²) in [5, 5.41) is 7.02. The van der Waals surface area contributed by atoms with E-state index in [0.717, 1.165) is 55.3 Å². The van der Waals surface area contributed by atoms with Crippen LogP contribution in [-0.4, -0.2) is 19.5 Å². The van der Waals surface area contributed by atoms with Crippen LogP contribution in [0, 0.1) is 0 Å². The average molecular weight is 671 g/mol. The Morgan fingerprint density at radius 3 is 1.88 bits per heavy atom. The number of hydrogen-bond acceptors (Lipinski definition) is 5. The Labute approximate surface area is 295 Å². The third-order valence-electron chi connectivity index (χ3n) is 9.85. The fraction of sp³-hybridized carbons (Fsp3) is 0. The van der Waals surface area contributed by atoms with Crippen molar-refractivity contribution in [2.24, 2.45) is 0 Å². The molecule has 238 valence electrons. The normalized spacial score (nSPS) is 11.9. The van der Waals surface area contributed by atoms with Crippen molar-refractivity contribution in [1.82, 2.24) is 19.5 Å². The number of hydrogen-bond donors (Lipinski definition) is 0. The monoisotopic (exact) mass is 670 g/mol. The summed E-state index contributed by atoms with van der Waals surface area (Å²) in [7, 11) is 0. The van der Waals surface area contributed by atoms with Gasteiger partial charge < -0.3 is 8.98 Å². The molecule has 11 rings (SSSR count). The molecule has 0 bridgehead atoms. The summed E-state index contributed by atoms with van der Waals surface area (Å²) in [5.41, 5.74) is 7.65. The SMILES string of the molecule is c1ccc(-c2nc(-c3ccccc3)nc(-c3cccc4oc5c(-n6c7ccccc7c7cc8c(cc76)sc6ccccc68)cccc5c34)n2)cc1. The van der Waals surface area contributed by atoms with Gasteiger partial charge in [0.2, 0.25) is 0 Å². The average Bonchev–Trinajstić information content (AvgIpc) is 3.87. The molecule has 0 radical (unpaired) electrons. The van der Waals surface area contributed by atoms with E-state index in [1.54, 1.807) is 0 Å². The summed E-state index contributed by atoms with van der Waals surface area (Å²) in [4.78, 5) is 15.1. The maximum atomic E-state index is 6.84. The van der Waals surface area contributed by atoms with Crippen LogP contribution in [0.4, 0.5) is 0 Å². The van der Waals surface area contributed by atoms with Crippen molar-refractivity contribution in [2.75, 3.05) is 0 Å². The molecule has 11 aromatic rings. The van der Waals surface area contributed by atoms with E-state index < -0.39 is 0 Å². The topological polar surface area (TPSA) is 56.7 Å². The highest BCUT2D eigenvalue weighted by atomic mass is 32.1. The summed E-state index contributed by atoms with van der Waals surface area (Å²) >= 11 is 1.84. The van der Waals surface area contributed by atoms with Crippen molar-refractivity contribution in [1.29, 1.82) is 0 Å². The van der Waals surface area contributed by atoms with Crippen LogP contribution in [-0.2, 0) is 0 Å². The lowest BCUT2D eigenvalue weighted by molar-refractivity contribution is 0.666. The zero-order valence-electron chi connectivity index (χ0n) is 27.1. The first-order valence-corrected chi connectivity index (χ1v) is 17.8. The molecule has 4 heterocycles. The van der Waals surface area contributed by atoms with Gasteiger partial charge in [-0.1, -0.05) is 121 Å². The zero-order chi connectivity index (χ0) is 33.5. The summed E-state index contributed by atoms with van der Waals surface area (Å²) in [5.74, 6) is 1.86. The number of aromatic nitrogens is 4. The van der Waals surface area contributed by atoms with Gasteiger partial charge in [-0.2, -0.15) is 0 Å². The second kappa shape index (κ2) is 10.9. The Morgan fingerprint density at radius 2 is 1.10 bits per heavy atom. The van der Waals surface area contributed by atoms with Crippen molar-refractivity contribution in [3.63, 3.8) is 0 Å². The quantitative estimate of drug-likeness (QED) is 0.187. The van der Waals surface area contributed by atoms with Crippen LogP contribution < -0.4 is 0 Å². The predicted molar refractivity (Wildman–Crippen MR) is 211 cm³/mol. The van der Waals surface area contributed by atoms with Crippen LogP contribution in [0.15, 0.2) is 162 Å². The number of fused-ring (bicyclic) bond motifs is 9. The molecule has 51 heavy (non-hydrogen) atoms. The molecule has 0 aliphatic carbocycles. The minimum atomic E-state index is 0.602. The Kier molecular flexibility index (Phi) is 6.05. The van der Waals surface area contributed by atoms with Gasteiger partial charge in [0, 0.05) is 58.4 Å². The van der Waals surface area contributed by atoms with Crippen LogP contribution in [0.25, 0.3) is 104 Å². The minimum Gasteiger partial charge on any atom is -0.454 e. The highest BCUT2D eigenvalue weighted by molar-refractivity contribution is 7.25. The molecule has 7 aromatic carbocycles. The summed E-state index contributed by atoms with van der Waals surface area (Å²) in [6.45, 7) is 0. The van der Waals surface area contributed by atoms with Gasteiger partial charge in [-0.15, -0.1) is 11.3 Å². The van der Waals surface area contributed by atoms with Crippen LogP contribution in [0.3, 0.4) is 0 Å². The largest absolute Gasteiger partial charge is 0.454 e. The molecule has 5 nitrogen and oxygen atoms in total. The molecule has 4 aromatic heterocycles. The van der Waals surface area contributed by atoms with Gasteiger partial charge in [-0.05, 0) is 36.4 Å². The van der Waals surface area contributed by atoms with Crippen molar-refractivity contribution >= 4 is 75.3 Å². The molecule has 0 aliphatic rings. The predicted octanol–water partition coefficient (Wildman–Crippen LogP) is 12.2. The molecular formula is C45H26N4OS. The Balaban J connectivity index is 1.18. The maximum Gasteiger partial charge on any atom is 0.164 e. The molecule has 6 heteroatoms. The Morgan fingerprint density at radius 1 is 0.451 bits per heavy atom. The summed E-state index contributed by atoms with van der Waals surface area (Å²) in [6, 6.07) is 54.8. The van der Waals surface area contributed by atoms with Gasteiger partial charge in [-0.25, -0.2) is 15.0 Å². The van der Waals surface area contributed by atoms with Crippen molar-refractivity contribution in [3.05, 3.63) is 158 Å². The molecule has 0 saturated carbocycles. The maximum absolute atomic E-state index is 6.84. The number of rotatable bonds is 4. The van der Waals surface area contributed by atoms with E-state index in [0.29, 0.717) is 17.5 Å². The van der Waals surface area contributed by atoms with Gasteiger partial charge in [-0.3, -0.25) is 0 Å². The van der Waals surface area contributed by atoms with E-state index in [1.165, 1.54) is 30.9 Å². The molecular weight excluding hydrogens is 645 g/mol. The smallest absolute Gasteiger partial charge is 0.164 e. The van der Waals surface area contributed by atoms with Crippen molar-refractivity contribution < 1.29 is 4.42 Å². The number of benzene rings is 7. The lowest BCUT2D eigenvalue weighted by Crippen LogP contribution is -2.00. The molecule has 0 spiro atoms. The molecule has 0 aliphatic heterocycles. The first kappa shape index (κ1) is 28.2. The first-order chi connectivity index (χ1) is 25.3. The lowest BCUT2D eigenvalue weighted by Gasteiger charge is -2.10. The second-order valence-corrected chi connectivity index (χ2v) is 13.9. The van der Waals surface area contributed by atoms with Crippen LogP contribution in [0.1, 0.15) is 0 Å². The molecule has 0 amide bonds. The molecule has 0 unspecified atom stereocenters. The minimum absolute atomic E-state index is 0.602. The van der Waals surface area contributed by atoms with Crippen molar-refractivity contribution in [2.45, 2.75) is 0 Å². The highest BCUT2D eigenvalue weighted by Crippen LogP contribution is 2.43. The first-order valence-electron chi connectivity index (χ1n) is 16.9. The molecule has 0 atom stereocenters. The van der Waals surface area contributed by atoms with E-state index in [9.17, 15) is 0 Å². The lowest BCUT2D eigenvalue weighted by atomic mass is 10.0. The number of thiophene rings is 1. The van der Waals surface area contributed by atoms with Crippen LogP contribution >= 0.6 is 11.3 Å². The Bertz CT molecular complexity index is 3080. The van der Waals surface area contributed by atoms with Gasteiger partial charge in [0.1, 0.15) is 5.58 Å². The Hall–Kier alpha value is -6.63.